The molecule has 3 rings (SSSR count). The van der Waals surface area contributed by atoms with Gasteiger partial charge in [0.1, 0.15) is 12.4 Å². The molecule has 0 saturated carbocycles. The molecule has 1 heterocycles. The van der Waals surface area contributed by atoms with Crippen LogP contribution in [0.1, 0.15) is 32.2 Å². The fourth-order valence-corrected chi connectivity index (χ4v) is 3.39. The van der Waals surface area contributed by atoms with Crippen molar-refractivity contribution in [2.75, 3.05) is 11.9 Å². The fraction of sp³-hybridized carbons (Fsp3) is 0.227. The lowest BCUT2D eigenvalue weighted by Gasteiger charge is -2.12. The average molecular weight is 410 g/mol. The van der Waals surface area contributed by atoms with Crippen molar-refractivity contribution in [2.24, 2.45) is 0 Å². The molecule has 0 unspecified atom stereocenters. The van der Waals surface area contributed by atoms with Crippen molar-refractivity contribution in [3.8, 4) is 5.75 Å². The van der Waals surface area contributed by atoms with Gasteiger partial charge in [0.2, 0.25) is 5.91 Å². The van der Waals surface area contributed by atoms with Gasteiger partial charge in [-0.25, -0.2) is 4.98 Å². The van der Waals surface area contributed by atoms with Crippen molar-refractivity contribution in [1.29, 1.82) is 0 Å². The molecule has 0 spiro atoms. The normalized spacial score (nSPS) is 10.4. The molecule has 0 aliphatic rings. The molecule has 2 aromatic carbocycles. The Balaban J connectivity index is 1.49. The molecule has 0 bridgehead atoms. The number of ether oxygens (including phenoxy) is 1. The lowest BCUT2D eigenvalue weighted by atomic mass is 10.1. The summed E-state index contributed by atoms with van der Waals surface area (Å²) < 4.78 is 5.68. The molecule has 0 atom stereocenters. The van der Waals surface area contributed by atoms with Gasteiger partial charge in [0, 0.05) is 16.6 Å². The van der Waals surface area contributed by atoms with Gasteiger partial charge in [-0.1, -0.05) is 18.2 Å². The summed E-state index contributed by atoms with van der Waals surface area (Å²) in [6, 6.07) is 12.6. The molecule has 29 heavy (non-hydrogen) atoms. The number of para-hydroxylation sites is 1. The first-order valence-electron chi connectivity index (χ1n) is 9.20. The summed E-state index contributed by atoms with van der Waals surface area (Å²) in [6.45, 7) is 6.09. The number of amides is 2. The summed E-state index contributed by atoms with van der Waals surface area (Å²) in [5.74, 6) is 0.0672. The number of thiazole rings is 1. The predicted molar refractivity (Wildman–Crippen MR) is 115 cm³/mol. The van der Waals surface area contributed by atoms with Gasteiger partial charge in [0.05, 0.1) is 17.2 Å². The molecular formula is C22H23N3O3S. The number of hydrogen-bond donors (Lipinski definition) is 2. The van der Waals surface area contributed by atoms with E-state index in [9.17, 15) is 9.59 Å². The highest BCUT2D eigenvalue weighted by molar-refractivity contribution is 7.09. The third kappa shape index (κ3) is 5.65. The van der Waals surface area contributed by atoms with Gasteiger partial charge in [-0.2, -0.15) is 0 Å². The van der Waals surface area contributed by atoms with Crippen LogP contribution in [0, 0.1) is 20.8 Å². The van der Waals surface area contributed by atoms with Gasteiger partial charge >= 0.3 is 0 Å². The Hall–Kier alpha value is -3.19. The number of carbonyl (C=O) groups is 2. The maximum atomic E-state index is 12.3. The number of benzene rings is 2. The van der Waals surface area contributed by atoms with Crippen LogP contribution in [0.5, 0.6) is 5.75 Å². The fourth-order valence-electron chi connectivity index (χ4n) is 2.79. The van der Waals surface area contributed by atoms with Crippen molar-refractivity contribution >= 4 is 28.8 Å². The number of nitrogens with zero attached hydrogens (tertiary/aromatic N) is 1. The van der Waals surface area contributed by atoms with Crippen LogP contribution in [0.15, 0.2) is 47.8 Å². The molecule has 7 heteroatoms. The van der Waals surface area contributed by atoms with E-state index < -0.39 is 0 Å². The Kier molecular flexibility index (Phi) is 6.61. The molecule has 6 nitrogen and oxygen atoms in total. The quantitative estimate of drug-likeness (QED) is 0.618. The van der Waals surface area contributed by atoms with E-state index in [4.69, 9.17) is 4.74 Å². The standard InChI is InChI=1S/C22H23N3O3S/c1-14-5-4-6-15(2)21(14)25-20(26)11-23-22(27)17-7-9-19(10-8-17)28-12-18-13-29-16(3)24-18/h4-10,13H,11-12H2,1-3H3,(H,23,27)(H,25,26). The van der Waals surface area contributed by atoms with Gasteiger partial charge in [-0.3, -0.25) is 9.59 Å². The first-order valence-corrected chi connectivity index (χ1v) is 10.1. The van der Waals surface area contributed by atoms with Gasteiger partial charge < -0.3 is 15.4 Å². The van der Waals surface area contributed by atoms with Gasteiger partial charge in [-0.15, -0.1) is 11.3 Å². The Morgan fingerprint density at radius 2 is 1.72 bits per heavy atom. The molecule has 0 saturated heterocycles. The Morgan fingerprint density at radius 3 is 2.34 bits per heavy atom. The van der Waals surface area contributed by atoms with E-state index in [1.807, 2.05) is 44.4 Å². The summed E-state index contributed by atoms with van der Waals surface area (Å²) in [4.78, 5) is 28.8. The third-order valence-corrected chi connectivity index (χ3v) is 5.15. The number of nitrogens with one attached hydrogen (secondary N) is 2. The Bertz CT molecular complexity index is 992. The van der Waals surface area contributed by atoms with Gasteiger partial charge in [-0.05, 0) is 56.2 Å². The number of carbonyl (C=O) groups excluding carboxylic acids is 2. The molecule has 0 radical (unpaired) electrons. The molecule has 0 aliphatic carbocycles. The minimum Gasteiger partial charge on any atom is -0.487 e. The van der Waals surface area contributed by atoms with E-state index in [-0.39, 0.29) is 18.4 Å². The lowest BCUT2D eigenvalue weighted by Crippen LogP contribution is -2.33. The van der Waals surface area contributed by atoms with E-state index in [0.717, 1.165) is 27.5 Å². The highest BCUT2D eigenvalue weighted by atomic mass is 32.1. The average Bonchev–Trinajstić information content (AvgIpc) is 3.13. The predicted octanol–water partition coefficient (Wildman–Crippen LogP) is 4.02. The highest BCUT2D eigenvalue weighted by Gasteiger charge is 2.11. The zero-order valence-electron chi connectivity index (χ0n) is 16.6. The number of aromatic nitrogens is 1. The largest absolute Gasteiger partial charge is 0.487 e. The van der Waals surface area contributed by atoms with E-state index in [1.54, 1.807) is 35.6 Å². The maximum absolute atomic E-state index is 12.3. The van der Waals surface area contributed by atoms with Crippen LogP contribution in [0.4, 0.5) is 5.69 Å². The minimum absolute atomic E-state index is 0.103. The maximum Gasteiger partial charge on any atom is 0.251 e. The Labute approximate surface area is 173 Å². The SMILES string of the molecule is Cc1nc(COc2ccc(C(=O)NCC(=O)Nc3c(C)cccc3C)cc2)cs1. The summed E-state index contributed by atoms with van der Waals surface area (Å²) >= 11 is 1.58. The van der Waals surface area contributed by atoms with Crippen molar-refractivity contribution in [2.45, 2.75) is 27.4 Å². The molecule has 0 aliphatic heterocycles. The zero-order chi connectivity index (χ0) is 20.8. The van der Waals surface area contributed by atoms with Crippen LogP contribution >= 0.6 is 11.3 Å². The topological polar surface area (TPSA) is 80.3 Å². The summed E-state index contributed by atoms with van der Waals surface area (Å²) in [5.41, 5.74) is 4.08. The van der Waals surface area contributed by atoms with Crippen molar-refractivity contribution < 1.29 is 14.3 Å². The lowest BCUT2D eigenvalue weighted by molar-refractivity contribution is -0.115. The van der Waals surface area contributed by atoms with Crippen LogP contribution in [-0.2, 0) is 11.4 Å². The van der Waals surface area contributed by atoms with E-state index in [1.165, 1.54) is 0 Å². The Morgan fingerprint density at radius 1 is 1.03 bits per heavy atom. The van der Waals surface area contributed by atoms with Crippen molar-refractivity contribution in [3.05, 3.63) is 75.2 Å². The van der Waals surface area contributed by atoms with Crippen LogP contribution in [0.2, 0.25) is 0 Å². The van der Waals surface area contributed by atoms with E-state index >= 15 is 0 Å². The second-order valence-electron chi connectivity index (χ2n) is 6.67. The molecule has 1 aromatic heterocycles. The monoisotopic (exact) mass is 409 g/mol. The second-order valence-corrected chi connectivity index (χ2v) is 7.73. The first-order chi connectivity index (χ1) is 13.9. The van der Waals surface area contributed by atoms with Crippen LogP contribution in [-0.4, -0.2) is 23.3 Å². The molecule has 2 amide bonds. The molecule has 2 N–H and O–H groups in total. The zero-order valence-corrected chi connectivity index (χ0v) is 17.4. The first kappa shape index (κ1) is 20.5. The van der Waals surface area contributed by atoms with Crippen molar-refractivity contribution in [1.82, 2.24) is 10.3 Å². The smallest absolute Gasteiger partial charge is 0.251 e. The van der Waals surface area contributed by atoms with Gasteiger partial charge in [0.15, 0.2) is 0 Å². The minimum atomic E-state index is -0.316. The van der Waals surface area contributed by atoms with Gasteiger partial charge in [0.25, 0.3) is 5.91 Å². The molecule has 0 fully saturated rings. The number of hydrogen-bond acceptors (Lipinski definition) is 5. The molecule has 150 valence electrons. The number of rotatable bonds is 7. The van der Waals surface area contributed by atoms with Crippen LogP contribution in [0.3, 0.4) is 0 Å². The second kappa shape index (κ2) is 9.34. The van der Waals surface area contributed by atoms with E-state index in [0.29, 0.717) is 17.9 Å². The molecular weight excluding hydrogens is 386 g/mol. The summed E-state index contributed by atoms with van der Waals surface area (Å²) in [5, 5.41) is 8.44. The molecule has 3 aromatic rings. The number of anilines is 1. The van der Waals surface area contributed by atoms with Crippen molar-refractivity contribution in [3.63, 3.8) is 0 Å². The summed E-state index contributed by atoms with van der Waals surface area (Å²) in [6.07, 6.45) is 0. The number of aryl methyl sites for hydroxylation is 3. The van der Waals surface area contributed by atoms with E-state index in [2.05, 4.69) is 15.6 Å². The van der Waals surface area contributed by atoms with Crippen LogP contribution < -0.4 is 15.4 Å². The van der Waals surface area contributed by atoms with Crippen LogP contribution in [0.25, 0.3) is 0 Å². The highest BCUT2D eigenvalue weighted by Crippen LogP contribution is 2.19. The summed E-state index contributed by atoms with van der Waals surface area (Å²) in [7, 11) is 0. The third-order valence-electron chi connectivity index (χ3n) is 4.32.